The maximum atomic E-state index is 4.36. The summed E-state index contributed by atoms with van der Waals surface area (Å²) in [4.78, 5) is 4.36. The van der Waals surface area contributed by atoms with Gasteiger partial charge in [-0.3, -0.25) is 0 Å². The van der Waals surface area contributed by atoms with E-state index in [4.69, 9.17) is 0 Å². The summed E-state index contributed by atoms with van der Waals surface area (Å²) in [5.74, 6) is 0. The van der Waals surface area contributed by atoms with Gasteiger partial charge in [0.15, 0.2) is 5.13 Å². The average molecular weight is 289 g/mol. The van der Waals surface area contributed by atoms with Crippen molar-refractivity contribution in [2.24, 2.45) is 5.41 Å². The van der Waals surface area contributed by atoms with Crippen LogP contribution in [0.5, 0.6) is 0 Å². The number of nitrogens with one attached hydrogen (secondary N) is 1. The molecule has 84 valence electrons. The van der Waals surface area contributed by atoms with Gasteiger partial charge < -0.3 is 5.32 Å². The van der Waals surface area contributed by atoms with Crippen molar-refractivity contribution in [3.63, 3.8) is 0 Å². The lowest BCUT2D eigenvalue weighted by Crippen LogP contribution is -2.25. The van der Waals surface area contributed by atoms with Crippen LogP contribution in [0.1, 0.15) is 39.0 Å². The normalized spacial score (nSPS) is 19.3. The van der Waals surface area contributed by atoms with E-state index in [-0.39, 0.29) is 0 Å². The van der Waals surface area contributed by atoms with E-state index in [0.29, 0.717) is 5.41 Å². The predicted molar refractivity (Wildman–Crippen MR) is 69.5 cm³/mol. The van der Waals surface area contributed by atoms with Crippen LogP contribution >= 0.6 is 27.3 Å². The molecule has 0 bridgehead atoms. The molecule has 2 rings (SSSR count). The second kappa shape index (κ2) is 4.83. The van der Waals surface area contributed by atoms with Crippen LogP contribution in [0.4, 0.5) is 5.13 Å². The fraction of sp³-hybridized carbons (Fsp3) is 0.727. The molecule has 0 unspecified atom stereocenters. The summed E-state index contributed by atoms with van der Waals surface area (Å²) in [6, 6.07) is 0. The number of rotatable bonds is 4. The van der Waals surface area contributed by atoms with Gasteiger partial charge in [0.2, 0.25) is 0 Å². The van der Waals surface area contributed by atoms with Crippen molar-refractivity contribution in [2.75, 3.05) is 11.9 Å². The van der Waals surface area contributed by atoms with E-state index in [2.05, 4.69) is 33.2 Å². The maximum absolute atomic E-state index is 4.36. The molecular formula is C11H17BrN2S. The first-order chi connectivity index (χ1) is 7.24. The second-order valence-electron chi connectivity index (χ2n) is 4.39. The van der Waals surface area contributed by atoms with Crippen LogP contribution in [0.25, 0.3) is 0 Å². The van der Waals surface area contributed by atoms with Crippen LogP contribution in [0.2, 0.25) is 0 Å². The van der Waals surface area contributed by atoms with E-state index >= 15 is 0 Å². The van der Waals surface area contributed by atoms with Crippen molar-refractivity contribution in [3.8, 4) is 0 Å². The molecule has 1 aliphatic carbocycles. The minimum atomic E-state index is 0.540. The molecule has 15 heavy (non-hydrogen) atoms. The highest BCUT2D eigenvalue weighted by atomic mass is 79.9. The number of hydrogen-bond donors (Lipinski definition) is 1. The topological polar surface area (TPSA) is 24.9 Å². The number of halogens is 1. The Hall–Kier alpha value is -0.0900. The Balaban J connectivity index is 1.91. The first-order valence-electron chi connectivity index (χ1n) is 5.59. The van der Waals surface area contributed by atoms with Crippen LogP contribution in [-0.4, -0.2) is 11.5 Å². The van der Waals surface area contributed by atoms with Gasteiger partial charge in [0, 0.05) is 11.9 Å². The van der Waals surface area contributed by atoms with Crippen LogP contribution in [0, 0.1) is 5.41 Å². The van der Waals surface area contributed by atoms with Gasteiger partial charge in [-0.05, 0) is 40.6 Å². The largest absolute Gasteiger partial charge is 0.361 e. The molecule has 1 aromatic rings. The monoisotopic (exact) mass is 288 g/mol. The molecule has 4 heteroatoms. The lowest BCUT2D eigenvalue weighted by Gasteiger charge is -2.27. The first kappa shape index (κ1) is 11.4. The Kier molecular flexibility index (Phi) is 3.67. The Morgan fingerprint density at radius 2 is 2.27 bits per heavy atom. The highest BCUT2D eigenvalue weighted by Crippen LogP contribution is 2.41. The molecule has 0 aliphatic heterocycles. The summed E-state index contributed by atoms with van der Waals surface area (Å²) in [5, 5.41) is 6.54. The van der Waals surface area contributed by atoms with Crippen molar-refractivity contribution < 1.29 is 0 Å². The molecule has 1 saturated carbocycles. The zero-order valence-electron chi connectivity index (χ0n) is 9.05. The predicted octanol–water partition coefficient (Wildman–Crippen LogP) is 4.29. The summed E-state index contributed by atoms with van der Waals surface area (Å²) in [7, 11) is 0. The van der Waals surface area contributed by atoms with Crippen LogP contribution in [0.3, 0.4) is 0 Å². The number of hydrogen-bond acceptors (Lipinski definition) is 3. The molecule has 0 aromatic carbocycles. The molecule has 0 radical (unpaired) electrons. The summed E-state index contributed by atoms with van der Waals surface area (Å²) >= 11 is 5.05. The molecule has 1 heterocycles. The number of aromatic nitrogens is 1. The number of nitrogens with zero attached hydrogens (tertiary/aromatic N) is 1. The van der Waals surface area contributed by atoms with Gasteiger partial charge in [-0.25, -0.2) is 4.98 Å². The van der Waals surface area contributed by atoms with E-state index in [0.717, 1.165) is 16.3 Å². The maximum Gasteiger partial charge on any atom is 0.183 e. The van der Waals surface area contributed by atoms with Crippen molar-refractivity contribution in [1.29, 1.82) is 0 Å². The fourth-order valence-electron chi connectivity index (χ4n) is 2.38. The van der Waals surface area contributed by atoms with Gasteiger partial charge >= 0.3 is 0 Å². The van der Waals surface area contributed by atoms with Gasteiger partial charge in [-0.1, -0.05) is 19.8 Å². The lowest BCUT2D eigenvalue weighted by molar-refractivity contribution is 0.307. The van der Waals surface area contributed by atoms with Crippen LogP contribution in [-0.2, 0) is 0 Å². The SMILES string of the molecule is CCC1(CNc2nc(Br)cs2)CCCC1. The third-order valence-electron chi connectivity index (χ3n) is 3.50. The summed E-state index contributed by atoms with van der Waals surface area (Å²) in [5.41, 5.74) is 0.540. The fourth-order valence-corrected chi connectivity index (χ4v) is 3.52. The Bertz CT molecular complexity index is 318. The standard InChI is InChI=1S/C11H17BrN2S/c1-2-11(5-3-4-6-11)8-13-10-14-9(12)7-15-10/h7H,2-6,8H2,1H3,(H,13,14). The molecule has 0 saturated heterocycles. The molecular weight excluding hydrogens is 272 g/mol. The molecule has 1 N–H and O–H groups in total. The van der Waals surface area contributed by atoms with Gasteiger partial charge in [0.05, 0.1) is 0 Å². The van der Waals surface area contributed by atoms with E-state index in [9.17, 15) is 0 Å². The Morgan fingerprint density at radius 3 is 2.80 bits per heavy atom. The van der Waals surface area contributed by atoms with E-state index < -0.39 is 0 Å². The van der Waals surface area contributed by atoms with Gasteiger partial charge in [-0.2, -0.15) is 0 Å². The molecule has 2 nitrogen and oxygen atoms in total. The van der Waals surface area contributed by atoms with Crippen molar-refractivity contribution in [3.05, 3.63) is 9.98 Å². The summed E-state index contributed by atoms with van der Waals surface area (Å²) < 4.78 is 0.937. The molecule has 0 amide bonds. The summed E-state index contributed by atoms with van der Waals surface area (Å²) in [6.07, 6.45) is 6.84. The number of thiazole rings is 1. The third kappa shape index (κ3) is 2.72. The van der Waals surface area contributed by atoms with Crippen molar-refractivity contribution in [2.45, 2.75) is 39.0 Å². The molecule has 1 aromatic heterocycles. The first-order valence-corrected chi connectivity index (χ1v) is 7.26. The van der Waals surface area contributed by atoms with Gasteiger partial charge in [-0.15, -0.1) is 11.3 Å². The van der Waals surface area contributed by atoms with E-state index in [1.807, 2.05) is 5.38 Å². The zero-order valence-corrected chi connectivity index (χ0v) is 11.5. The molecule has 0 atom stereocenters. The molecule has 0 spiro atoms. The number of anilines is 1. The Labute approximate surface area is 104 Å². The van der Waals surface area contributed by atoms with Gasteiger partial charge in [0.1, 0.15) is 4.60 Å². The van der Waals surface area contributed by atoms with Crippen molar-refractivity contribution >= 4 is 32.4 Å². The zero-order chi connectivity index (χ0) is 10.7. The van der Waals surface area contributed by atoms with E-state index in [1.54, 1.807) is 11.3 Å². The van der Waals surface area contributed by atoms with Crippen molar-refractivity contribution in [1.82, 2.24) is 4.98 Å². The Morgan fingerprint density at radius 1 is 1.53 bits per heavy atom. The highest BCUT2D eigenvalue weighted by Gasteiger charge is 2.31. The third-order valence-corrected chi connectivity index (χ3v) is 5.01. The lowest BCUT2D eigenvalue weighted by atomic mass is 9.83. The van der Waals surface area contributed by atoms with E-state index in [1.165, 1.54) is 32.1 Å². The second-order valence-corrected chi connectivity index (χ2v) is 6.06. The molecule has 1 aliphatic rings. The molecule has 1 fully saturated rings. The smallest absolute Gasteiger partial charge is 0.183 e. The minimum absolute atomic E-state index is 0.540. The van der Waals surface area contributed by atoms with Gasteiger partial charge in [0.25, 0.3) is 0 Å². The highest BCUT2D eigenvalue weighted by molar-refractivity contribution is 9.10. The van der Waals surface area contributed by atoms with Crippen LogP contribution < -0.4 is 5.32 Å². The van der Waals surface area contributed by atoms with Crippen LogP contribution in [0.15, 0.2) is 9.98 Å². The average Bonchev–Trinajstić information content (AvgIpc) is 2.85. The quantitative estimate of drug-likeness (QED) is 0.894. The summed E-state index contributed by atoms with van der Waals surface area (Å²) in [6.45, 7) is 3.40. The minimum Gasteiger partial charge on any atom is -0.361 e.